The molecule has 0 aromatic heterocycles. The number of guanidine groups is 1. The molecule has 2 atom stereocenters. The highest BCUT2D eigenvalue weighted by atomic mass is 35.5. The first-order chi connectivity index (χ1) is 16.7. The van der Waals surface area contributed by atoms with E-state index in [2.05, 4.69) is 20.9 Å². The van der Waals surface area contributed by atoms with Gasteiger partial charge in [-0.25, -0.2) is 9.79 Å². The van der Waals surface area contributed by atoms with Crippen molar-refractivity contribution in [2.24, 2.45) is 16.5 Å². The van der Waals surface area contributed by atoms with Gasteiger partial charge in [-0.3, -0.25) is 9.59 Å². The van der Waals surface area contributed by atoms with Crippen LogP contribution in [0, 0.1) is 0 Å². The first-order valence-corrected chi connectivity index (χ1v) is 11.3. The van der Waals surface area contributed by atoms with Crippen LogP contribution in [-0.2, 0) is 9.59 Å². The van der Waals surface area contributed by atoms with Crippen molar-refractivity contribution in [3.05, 3.63) is 57.6 Å². The summed E-state index contributed by atoms with van der Waals surface area (Å²) in [4.78, 5) is 40.5. The van der Waals surface area contributed by atoms with Crippen LogP contribution in [0.1, 0.15) is 28.4 Å². The molecular formula is C22H24Cl2N6O5. The fraction of sp³-hybridized carbons (Fsp3) is 0.273. The largest absolute Gasteiger partial charge is 0.493 e. The van der Waals surface area contributed by atoms with E-state index in [0.717, 1.165) is 5.56 Å². The summed E-state index contributed by atoms with van der Waals surface area (Å²) in [5.41, 5.74) is 12.2. The van der Waals surface area contributed by atoms with Crippen molar-refractivity contribution in [1.29, 1.82) is 0 Å². The fourth-order valence-electron chi connectivity index (χ4n) is 3.45. The Bertz CT molecular complexity index is 1130. The Morgan fingerprint density at radius 1 is 1.17 bits per heavy atom. The minimum Gasteiger partial charge on any atom is -0.493 e. The predicted octanol–water partition coefficient (Wildman–Crippen LogP) is 1.31. The average molecular weight is 523 g/mol. The van der Waals surface area contributed by atoms with Crippen LogP contribution in [0.5, 0.6) is 5.75 Å². The number of carbonyl (C=O) groups is 3. The zero-order chi connectivity index (χ0) is 25.5. The molecule has 0 aliphatic carbocycles. The molecule has 0 fully saturated rings. The quantitative estimate of drug-likeness (QED) is 0.210. The number of amides is 2. The van der Waals surface area contributed by atoms with Crippen LogP contribution >= 0.6 is 23.2 Å². The van der Waals surface area contributed by atoms with Crippen molar-refractivity contribution in [2.45, 2.75) is 18.5 Å². The highest BCUT2D eigenvalue weighted by molar-refractivity contribution is 6.39. The molecule has 1 aliphatic rings. The van der Waals surface area contributed by atoms with Gasteiger partial charge < -0.3 is 37.3 Å². The number of rotatable bonds is 9. The summed E-state index contributed by atoms with van der Waals surface area (Å²) in [7, 11) is 0. The van der Waals surface area contributed by atoms with Crippen LogP contribution in [0.15, 0.2) is 41.4 Å². The van der Waals surface area contributed by atoms with Gasteiger partial charge in [0.25, 0.3) is 5.91 Å². The number of aliphatic carboxylic acids is 1. The lowest BCUT2D eigenvalue weighted by Gasteiger charge is -2.27. The molecule has 3 rings (SSSR count). The molecule has 2 amide bonds. The summed E-state index contributed by atoms with van der Waals surface area (Å²) >= 11 is 12.0. The van der Waals surface area contributed by atoms with Gasteiger partial charge >= 0.3 is 5.97 Å². The zero-order valence-electron chi connectivity index (χ0n) is 18.4. The highest BCUT2D eigenvalue weighted by Gasteiger charge is 2.25. The maximum atomic E-state index is 12.5. The minimum atomic E-state index is -1.40. The molecule has 8 N–H and O–H groups in total. The molecule has 0 radical (unpaired) electrons. The third-order valence-corrected chi connectivity index (χ3v) is 5.73. The van der Waals surface area contributed by atoms with Gasteiger partial charge in [0.05, 0.1) is 34.4 Å². The Labute approximate surface area is 210 Å². The van der Waals surface area contributed by atoms with Crippen molar-refractivity contribution in [2.75, 3.05) is 19.7 Å². The molecule has 0 saturated heterocycles. The molecule has 186 valence electrons. The zero-order valence-corrected chi connectivity index (χ0v) is 19.9. The van der Waals surface area contributed by atoms with Crippen LogP contribution in [0.4, 0.5) is 5.69 Å². The second-order valence-corrected chi connectivity index (χ2v) is 8.41. The molecule has 0 saturated carbocycles. The van der Waals surface area contributed by atoms with E-state index in [0.29, 0.717) is 24.5 Å². The number of carbonyl (C=O) groups excluding carboxylic acids is 2. The average Bonchev–Trinajstić information content (AvgIpc) is 2.79. The number of nitrogens with zero attached hydrogens (tertiary/aromatic N) is 1. The van der Waals surface area contributed by atoms with Gasteiger partial charge in [0.1, 0.15) is 11.8 Å². The molecule has 1 aliphatic heterocycles. The van der Waals surface area contributed by atoms with Crippen molar-refractivity contribution in [3.63, 3.8) is 0 Å². The van der Waals surface area contributed by atoms with Crippen LogP contribution in [0.3, 0.4) is 0 Å². The summed E-state index contributed by atoms with van der Waals surface area (Å²) in [5.74, 6) is -2.00. The van der Waals surface area contributed by atoms with Crippen molar-refractivity contribution < 1.29 is 24.2 Å². The molecule has 0 spiro atoms. The molecule has 11 nitrogen and oxygen atoms in total. The number of hydrogen-bond donors (Lipinski definition) is 6. The van der Waals surface area contributed by atoms with Gasteiger partial charge in [-0.1, -0.05) is 29.3 Å². The topological polar surface area (TPSA) is 181 Å². The van der Waals surface area contributed by atoms with Gasteiger partial charge in [-0.15, -0.1) is 0 Å². The summed E-state index contributed by atoms with van der Waals surface area (Å²) in [6.45, 7) is 0.00156. The monoisotopic (exact) mass is 522 g/mol. The Kier molecular flexibility index (Phi) is 8.74. The van der Waals surface area contributed by atoms with E-state index in [1.165, 1.54) is 12.1 Å². The van der Waals surface area contributed by atoms with Gasteiger partial charge in [0, 0.05) is 24.6 Å². The van der Waals surface area contributed by atoms with Crippen LogP contribution in [0.2, 0.25) is 10.0 Å². The smallest absolute Gasteiger partial charge is 0.328 e. The predicted molar refractivity (Wildman–Crippen MR) is 131 cm³/mol. The summed E-state index contributed by atoms with van der Waals surface area (Å²) in [6.07, 6.45) is 0.595. The highest BCUT2D eigenvalue weighted by Crippen LogP contribution is 2.34. The Morgan fingerprint density at radius 2 is 1.89 bits per heavy atom. The second-order valence-electron chi connectivity index (χ2n) is 7.59. The Balaban J connectivity index is 1.57. The molecule has 1 heterocycles. The molecule has 2 aromatic rings. The lowest BCUT2D eigenvalue weighted by atomic mass is 10.00. The Morgan fingerprint density at radius 3 is 2.54 bits per heavy atom. The normalized spacial score (nSPS) is 15.2. The molecule has 35 heavy (non-hydrogen) atoms. The number of hydrogen-bond acceptors (Lipinski definition) is 6. The molecular weight excluding hydrogens is 499 g/mol. The number of fused-ring (bicyclic) bond motifs is 1. The number of carboxylic acids is 1. The number of halogens is 2. The van der Waals surface area contributed by atoms with Crippen LogP contribution in [0.25, 0.3) is 0 Å². The van der Waals surface area contributed by atoms with Crippen LogP contribution < -0.4 is 32.2 Å². The summed E-state index contributed by atoms with van der Waals surface area (Å²) in [5, 5.41) is 17.6. The van der Waals surface area contributed by atoms with Gasteiger partial charge in [-0.2, -0.15) is 0 Å². The molecule has 0 unspecified atom stereocenters. The number of benzene rings is 2. The molecule has 0 bridgehead atoms. The summed E-state index contributed by atoms with van der Waals surface area (Å²) < 4.78 is 5.64. The lowest BCUT2D eigenvalue weighted by molar-refractivity contribution is -0.139. The molecule has 2 aromatic carbocycles. The van der Waals surface area contributed by atoms with Gasteiger partial charge in [0.2, 0.25) is 5.91 Å². The van der Waals surface area contributed by atoms with E-state index < -0.39 is 23.8 Å². The van der Waals surface area contributed by atoms with E-state index in [1.807, 2.05) is 0 Å². The number of aliphatic imine (C=N–C) groups is 1. The van der Waals surface area contributed by atoms with Crippen molar-refractivity contribution in [3.8, 4) is 5.75 Å². The van der Waals surface area contributed by atoms with Crippen molar-refractivity contribution >= 4 is 52.6 Å². The van der Waals surface area contributed by atoms with E-state index >= 15 is 0 Å². The third-order valence-electron chi connectivity index (χ3n) is 5.10. The van der Waals surface area contributed by atoms with E-state index in [1.54, 1.807) is 24.3 Å². The second kappa shape index (κ2) is 11.7. The number of nitrogens with one attached hydrogen (secondary N) is 3. The van der Waals surface area contributed by atoms with Gasteiger partial charge in [0.15, 0.2) is 5.96 Å². The SMILES string of the molecule is NC(N)=Nc1ccc2c(c1)[C@@H](NCC(=O)NC[C@H](NC(=O)c1c(Cl)cccc1Cl)C(=O)O)CCO2. The maximum absolute atomic E-state index is 12.5. The maximum Gasteiger partial charge on any atom is 0.328 e. The number of nitrogens with two attached hydrogens (primary N) is 2. The fourth-order valence-corrected chi connectivity index (χ4v) is 4.02. The van der Waals surface area contributed by atoms with Gasteiger partial charge in [-0.05, 0) is 30.3 Å². The van der Waals surface area contributed by atoms with Crippen molar-refractivity contribution in [1.82, 2.24) is 16.0 Å². The molecule has 13 heteroatoms. The van der Waals surface area contributed by atoms with E-state index in [-0.39, 0.29) is 40.7 Å². The summed E-state index contributed by atoms with van der Waals surface area (Å²) in [6, 6.07) is 8.09. The van der Waals surface area contributed by atoms with Crippen LogP contribution in [-0.4, -0.2) is 54.6 Å². The van der Waals surface area contributed by atoms with E-state index in [4.69, 9.17) is 39.4 Å². The lowest BCUT2D eigenvalue weighted by Crippen LogP contribution is -2.49. The standard InChI is InChI=1S/C22H24Cl2N6O5/c23-13-2-1-3-14(24)19(13)20(32)30-16(21(33)34)9-28-18(31)10-27-15-6-7-35-17-5-4-11(8-12(15)17)29-22(25)26/h1-5,8,15-16,27H,6-7,9-10H2,(H,28,31)(H,30,32)(H,33,34)(H4,25,26,29)/t15-,16-/m0/s1. The number of carboxylic acid groups (broad SMARTS) is 1. The third kappa shape index (κ3) is 6.98. The first-order valence-electron chi connectivity index (χ1n) is 10.5. The van der Waals surface area contributed by atoms with E-state index in [9.17, 15) is 19.5 Å². The Hall–Kier alpha value is -3.54. The number of ether oxygens (including phenoxy) is 1. The first kappa shape index (κ1) is 26.1. The minimum absolute atomic E-state index is 0.0478.